The first kappa shape index (κ1) is 15.4. The summed E-state index contributed by atoms with van der Waals surface area (Å²) in [6, 6.07) is 0.636. The van der Waals surface area contributed by atoms with Crippen molar-refractivity contribution in [1.29, 1.82) is 0 Å². The Morgan fingerprint density at radius 3 is 2.56 bits per heavy atom. The summed E-state index contributed by atoms with van der Waals surface area (Å²) in [5, 5.41) is 0. The van der Waals surface area contributed by atoms with Crippen LogP contribution in [0.2, 0.25) is 0 Å². The smallest absolute Gasteiger partial charge is 0.240 e. The van der Waals surface area contributed by atoms with Crippen LogP contribution in [0.5, 0.6) is 0 Å². The molecule has 106 valence electrons. The number of nitrogens with two attached hydrogens (primary N) is 1. The summed E-state index contributed by atoms with van der Waals surface area (Å²) in [7, 11) is 0. The van der Waals surface area contributed by atoms with Crippen molar-refractivity contribution in [3.8, 4) is 0 Å². The molecule has 1 atom stereocenters. The van der Waals surface area contributed by atoms with E-state index in [0.717, 1.165) is 32.7 Å². The van der Waals surface area contributed by atoms with Gasteiger partial charge in [0.05, 0.1) is 5.41 Å². The minimum Gasteiger partial charge on any atom is -0.301 e. The van der Waals surface area contributed by atoms with Crippen molar-refractivity contribution >= 4 is 5.91 Å². The summed E-state index contributed by atoms with van der Waals surface area (Å²) in [5.41, 5.74) is 1.84. The number of amides is 1. The number of carbonyl (C=O) groups is 1. The van der Waals surface area contributed by atoms with Gasteiger partial charge < -0.3 is 4.90 Å². The number of nitrogens with one attached hydrogen (secondary N) is 1. The SMILES string of the molecule is CCN(CC)C1CCN(CC(C)(C)C(=O)NN)C1. The van der Waals surface area contributed by atoms with Gasteiger partial charge in [0, 0.05) is 19.1 Å². The first-order valence-corrected chi connectivity index (χ1v) is 6.92. The zero-order valence-electron chi connectivity index (χ0n) is 12.2. The van der Waals surface area contributed by atoms with E-state index in [-0.39, 0.29) is 5.91 Å². The van der Waals surface area contributed by atoms with Gasteiger partial charge in [0.2, 0.25) is 5.91 Å². The molecule has 0 saturated carbocycles. The van der Waals surface area contributed by atoms with Crippen LogP contribution in [0.15, 0.2) is 0 Å². The molecule has 1 unspecified atom stereocenters. The van der Waals surface area contributed by atoms with Crippen molar-refractivity contribution in [2.45, 2.75) is 40.2 Å². The number of hydrogen-bond acceptors (Lipinski definition) is 4. The molecule has 5 heteroatoms. The molecule has 0 aromatic heterocycles. The van der Waals surface area contributed by atoms with Crippen molar-refractivity contribution in [2.75, 3.05) is 32.7 Å². The molecule has 0 radical (unpaired) electrons. The fraction of sp³-hybridized carbons (Fsp3) is 0.923. The maximum atomic E-state index is 11.7. The second kappa shape index (κ2) is 6.50. The first-order valence-electron chi connectivity index (χ1n) is 6.92. The zero-order valence-corrected chi connectivity index (χ0v) is 12.2. The minimum atomic E-state index is -0.424. The van der Waals surface area contributed by atoms with Gasteiger partial charge in [0.15, 0.2) is 0 Å². The fourth-order valence-electron chi connectivity index (χ4n) is 2.82. The summed E-state index contributed by atoms with van der Waals surface area (Å²) in [6.07, 6.45) is 1.20. The van der Waals surface area contributed by atoms with Gasteiger partial charge in [-0.2, -0.15) is 0 Å². The molecule has 1 aliphatic rings. The van der Waals surface area contributed by atoms with Crippen molar-refractivity contribution in [2.24, 2.45) is 11.3 Å². The number of carbonyl (C=O) groups excluding carboxylic acids is 1. The van der Waals surface area contributed by atoms with E-state index in [4.69, 9.17) is 5.84 Å². The lowest BCUT2D eigenvalue weighted by molar-refractivity contribution is -0.130. The van der Waals surface area contributed by atoms with Crippen molar-refractivity contribution in [1.82, 2.24) is 15.2 Å². The predicted octanol–water partition coefficient (Wildman–Crippen LogP) is 0.419. The summed E-state index contributed by atoms with van der Waals surface area (Å²) in [5.74, 6) is 5.14. The van der Waals surface area contributed by atoms with Gasteiger partial charge in [-0.05, 0) is 39.9 Å². The van der Waals surface area contributed by atoms with E-state index in [9.17, 15) is 4.79 Å². The number of hydrazine groups is 1. The third-order valence-corrected chi connectivity index (χ3v) is 3.94. The summed E-state index contributed by atoms with van der Waals surface area (Å²) >= 11 is 0. The Labute approximate surface area is 111 Å². The molecule has 0 aromatic rings. The van der Waals surface area contributed by atoms with Gasteiger partial charge in [-0.15, -0.1) is 0 Å². The number of likely N-dealkylation sites (tertiary alicyclic amines) is 1. The summed E-state index contributed by atoms with van der Waals surface area (Å²) in [4.78, 5) is 16.5. The number of likely N-dealkylation sites (N-methyl/N-ethyl adjacent to an activating group) is 1. The normalized spacial score (nSPS) is 21.6. The lowest BCUT2D eigenvalue weighted by Crippen LogP contribution is -2.47. The average Bonchev–Trinajstić information content (AvgIpc) is 2.77. The molecule has 0 aromatic carbocycles. The van der Waals surface area contributed by atoms with Gasteiger partial charge in [-0.25, -0.2) is 5.84 Å². The van der Waals surface area contributed by atoms with Crippen LogP contribution in [0.3, 0.4) is 0 Å². The first-order chi connectivity index (χ1) is 8.44. The van der Waals surface area contributed by atoms with Gasteiger partial charge in [-0.3, -0.25) is 15.1 Å². The Hall–Kier alpha value is -0.650. The standard InChI is InChI=1S/C13H28N4O/c1-5-17(6-2)11-7-8-16(9-11)10-13(3,4)12(18)15-14/h11H,5-10,14H2,1-4H3,(H,15,18). The summed E-state index contributed by atoms with van der Waals surface area (Å²) in [6.45, 7) is 13.4. The second-order valence-corrected chi connectivity index (χ2v) is 5.76. The highest BCUT2D eigenvalue weighted by atomic mass is 16.2. The van der Waals surface area contributed by atoms with Crippen molar-refractivity contribution in [3.05, 3.63) is 0 Å². The third-order valence-electron chi connectivity index (χ3n) is 3.94. The maximum Gasteiger partial charge on any atom is 0.240 e. The van der Waals surface area contributed by atoms with Crippen LogP contribution in [-0.2, 0) is 4.79 Å². The molecular weight excluding hydrogens is 228 g/mol. The molecule has 0 aliphatic carbocycles. The molecule has 1 amide bonds. The van der Waals surface area contributed by atoms with Gasteiger partial charge in [0.25, 0.3) is 0 Å². The van der Waals surface area contributed by atoms with E-state index < -0.39 is 5.41 Å². The number of rotatable bonds is 6. The Kier molecular flexibility index (Phi) is 5.56. The molecule has 1 rings (SSSR count). The zero-order chi connectivity index (χ0) is 13.8. The van der Waals surface area contributed by atoms with Crippen molar-refractivity contribution < 1.29 is 4.79 Å². The molecule has 18 heavy (non-hydrogen) atoms. The second-order valence-electron chi connectivity index (χ2n) is 5.76. The lowest BCUT2D eigenvalue weighted by atomic mass is 9.92. The maximum absolute atomic E-state index is 11.7. The largest absolute Gasteiger partial charge is 0.301 e. The molecule has 0 bridgehead atoms. The predicted molar refractivity (Wildman–Crippen MR) is 73.9 cm³/mol. The van der Waals surface area contributed by atoms with Crippen LogP contribution in [0, 0.1) is 5.41 Å². The monoisotopic (exact) mass is 256 g/mol. The molecule has 1 saturated heterocycles. The van der Waals surface area contributed by atoms with E-state index in [1.54, 1.807) is 0 Å². The highest BCUT2D eigenvalue weighted by Crippen LogP contribution is 2.22. The highest BCUT2D eigenvalue weighted by Gasteiger charge is 2.33. The number of hydrogen-bond donors (Lipinski definition) is 2. The number of nitrogens with zero attached hydrogens (tertiary/aromatic N) is 2. The third kappa shape index (κ3) is 3.67. The van der Waals surface area contributed by atoms with E-state index in [1.165, 1.54) is 6.42 Å². The van der Waals surface area contributed by atoms with Crippen LogP contribution in [0.1, 0.15) is 34.1 Å². The van der Waals surface area contributed by atoms with E-state index in [0.29, 0.717) is 6.04 Å². The van der Waals surface area contributed by atoms with Crippen LogP contribution < -0.4 is 11.3 Å². The van der Waals surface area contributed by atoms with E-state index >= 15 is 0 Å². The van der Waals surface area contributed by atoms with Crippen molar-refractivity contribution in [3.63, 3.8) is 0 Å². The lowest BCUT2D eigenvalue weighted by Gasteiger charge is -2.30. The fourth-order valence-corrected chi connectivity index (χ4v) is 2.82. The average molecular weight is 256 g/mol. The molecular formula is C13H28N4O. The van der Waals surface area contributed by atoms with E-state index in [2.05, 4.69) is 29.1 Å². The molecule has 0 spiro atoms. The molecule has 3 N–H and O–H groups in total. The van der Waals surface area contributed by atoms with Gasteiger partial charge in [-0.1, -0.05) is 13.8 Å². The van der Waals surface area contributed by atoms with Gasteiger partial charge in [0.1, 0.15) is 0 Å². The van der Waals surface area contributed by atoms with E-state index in [1.807, 2.05) is 13.8 Å². The highest BCUT2D eigenvalue weighted by molar-refractivity contribution is 5.81. The van der Waals surface area contributed by atoms with Crippen LogP contribution >= 0.6 is 0 Å². The van der Waals surface area contributed by atoms with Gasteiger partial charge >= 0.3 is 0 Å². The molecule has 1 heterocycles. The molecule has 1 aliphatic heterocycles. The summed E-state index contributed by atoms with van der Waals surface area (Å²) < 4.78 is 0. The Balaban J connectivity index is 2.50. The minimum absolute atomic E-state index is 0.0891. The Morgan fingerprint density at radius 2 is 2.06 bits per heavy atom. The van der Waals surface area contributed by atoms with Crippen LogP contribution in [-0.4, -0.2) is 54.5 Å². The molecule has 5 nitrogen and oxygen atoms in total. The molecule has 1 fully saturated rings. The van der Waals surface area contributed by atoms with Crippen LogP contribution in [0.25, 0.3) is 0 Å². The Morgan fingerprint density at radius 1 is 1.44 bits per heavy atom. The quantitative estimate of drug-likeness (QED) is 0.411. The van der Waals surface area contributed by atoms with Crippen LogP contribution in [0.4, 0.5) is 0 Å². The Bertz CT molecular complexity index is 276. The topological polar surface area (TPSA) is 61.6 Å².